The second-order valence-electron chi connectivity index (χ2n) is 10.2. The van der Waals surface area contributed by atoms with Gasteiger partial charge in [-0.25, -0.2) is 0 Å². The Morgan fingerprint density at radius 2 is 0.946 bits per heavy atom. The Morgan fingerprint density at radius 3 is 1.68 bits per heavy atom. The van der Waals surface area contributed by atoms with E-state index < -0.39 is 5.54 Å². The minimum absolute atomic E-state index is 0.498. The van der Waals surface area contributed by atoms with Crippen LogP contribution in [-0.2, 0) is 5.54 Å². The van der Waals surface area contributed by atoms with E-state index in [2.05, 4.69) is 143 Å². The molecule has 9 rings (SSSR count). The zero-order valence-corrected chi connectivity index (χ0v) is 20.1. The molecule has 0 atom stereocenters. The predicted molar refractivity (Wildman–Crippen MR) is 151 cm³/mol. The fraction of sp³-hybridized carbons (Fsp3) is 0.0286. The number of rotatable bonds is 0. The molecule has 0 saturated heterocycles. The average molecular weight is 471 g/mol. The summed E-state index contributed by atoms with van der Waals surface area (Å²) in [6, 6.07) is 49.3. The number of nitrogens with zero attached hydrogens (tertiary/aromatic N) is 2. The highest BCUT2D eigenvalue weighted by Crippen LogP contribution is 2.58. The van der Waals surface area contributed by atoms with Crippen molar-refractivity contribution in [2.75, 3.05) is 0 Å². The van der Waals surface area contributed by atoms with Gasteiger partial charge in [-0.05, 0) is 52.6 Å². The van der Waals surface area contributed by atoms with Crippen molar-refractivity contribution in [2.45, 2.75) is 5.54 Å². The first kappa shape index (κ1) is 19.4. The van der Waals surface area contributed by atoms with E-state index in [0.29, 0.717) is 0 Å². The van der Waals surface area contributed by atoms with E-state index in [1.54, 1.807) is 0 Å². The summed E-state index contributed by atoms with van der Waals surface area (Å²) in [6.45, 7) is 0. The minimum Gasteiger partial charge on any atom is -0.320 e. The summed E-state index contributed by atoms with van der Waals surface area (Å²) in [7, 11) is 0. The van der Waals surface area contributed by atoms with Crippen LogP contribution in [0.3, 0.4) is 0 Å². The van der Waals surface area contributed by atoms with Crippen molar-refractivity contribution in [1.82, 2.24) is 9.13 Å². The minimum atomic E-state index is -0.498. The van der Waals surface area contributed by atoms with Gasteiger partial charge in [0.05, 0.1) is 22.6 Å². The van der Waals surface area contributed by atoms with Crippen molar-refractivity contribution in [1.29, 1.82) is 0 Å². The molecule has 2 aromatic heterocycles. The third-order valence-electron chi connectivity index (χ3n) is 8.48. The lowest BCUT2D eigenvalue weighted by molar-refractivity contribution is 0.555. The molecule has 1 aliphatic heterocycles. The molecule has 0 radical (unpaired) electrons. The second kappa shape index (κ2) is 6.68. The van der Waals surface area contributed by atoms with Crippen LogP contribution in [0, 0.1) is 0 Å². The van der Waals surface area contributed by atoms with Crippen LogP contribution in [0.5, 0.6) is 0 Å². The third-order valence-corrected chi connectivity index (χ3v) is 8.48. The molecular weight excluding hydrogens is 448 g/mol. The topological polar surface area (TPSA) is 9.86 Å². The second-order valence-corrected chi connectivity index (χ2v) is 10.2. The highest BCUT2D eigenvalue weighted by molar-refractivity contribution is 5.97. The molecule has 5 aromatic carbocycles. The van der Waals surface area contributed by atoms with Gasteiger partial charge in [-0.15, -0.1) is 0 Å². The van der Waals surface area contributed by atoms with Crippen LogP contribution in [0.2, 0.25) is 0 Å². The van der Waals surface area contributed by atoms with Crippen molar-refractivity contribution in [3.8, 4) is 28.2 Å². The Morgan fingerprint density at radius 1 is 0.432 bits per heavy atom. The van der Waals surface area contributed by atoms with Gasteiger partial charge < -0.3 is 9.13 Å². The molecule has 0 fully saturated rings. The molecule has 172 valence electrons. The van der Waals surface area contributed by atoms with Gasteiger partial charge in [-0.2, -0.15) is 0 Å². The molecule has 7 aromatic rings. The summed E-state index contributed by atoms with van der Waals surface area (Å²) in [6.07, 6.45) is 0. The van der Waals surface area contributed by atoms with Crippen LogP contribution in [-0.4, -0.2) is 9.13 Å². The van der Waals surface area contributed by atoms with Gasteiger partial charge in [0, 0.05) is 21.9 Å². The Labute approximate surface area is 214 Å². The van der Waals surface area contributed by atoms with Gasteiger partial charge in [0.1, 0.15) is 5.54 Å². The maximum absolute atomic E-state index is 2.63. The molecule has 1 aliphatic carbocycles. The molecule has 0 saturated carbocycles. The van der Waals surface area contributed by atoms with Crippen molar-refractivity contribution in [3.63, 3.8) is 0 Å². The smallest absolute Gasteiger partial charge is 0.124 e. The first-order valence-electron chi connectivity index (χ1n) is 12.9. The van der Waals surface area contributed by atoms with E-state index in [4.69, 9.17) is 0 Å². The van der Waals surface area contributed by atoms with E-state index >= 15 is 0 Å². The average Bonchev–Trinajstić information content (AvgIpc) is 3.60. The molecular formula is C35H22N2. The lowest BCUT2D eigenvalue weighted by Crippen LogP contribution is -2.36. The lowest BCUT2D eigenvalue weighted by Gasteiger charge is -2.36. The zero-order chi connectivity index (χ0) is 24.1. The van der Waals surface area contributed by atoms with E-state index in [9.17, 15) is 0 Å². The van der Waals surface area contributed by atoms with Gasteiger partial charge in [0.25, 0.3) is 0 Å². The van der Waals surface area contributed by atoms with E-state index in [1.165, 1.54) is 66.7 Å². The van der Waals surface area contributed by atoms with Crippen molar-refractivity contribution < 1.29 is 0 Å². The van der Waals surface area contributed by atoms with Crippen LogP contribution in [0.4, 0.5) is 0 Å². The van der Waals surface area contributed by atoms with Crippen LogP contribution in [0.15, 0.2) is 133 Å². The van der Waals surface area contributed by atoms with E-state index in [1.807, 2.05) is 0 Å². The number of fused-ring (bicyclic) bond motifs is 16. The molecule has 0 N–H and O–H groups in total. The zero-order valence-electron chi connectivity index (χ0n) is 20.1. The lowest BCUT2D eigenvalue weighted by atomic mass is 9.79. The predicted octanol–water partition coefficient (Wildman–Crippen LogP) is 8.39. The Hall–Kier alpha value is -4.82. The molecule has 0 unspecified atom stereocenters. The maximum Gasteiger partial charge on any atom is 0.124 e. The Balaban J connectivity index is 1.60. The molecule has 1 spiro atoms. The van der Waals surface area contributed by atoms with Crippen LogP contribution in [0.25, 0.3) is 50.0 Å². The fourth-order valence-corrected chi connectivity index (χ4v) is 7.15. The molecule has 37 heavy (non-hydrogen) atoms. The van der Waals surface area contributed by atoms with E-state index in [-0.39, 0.29) is 0 Å². The molecule has 2 nitrogen and oxygen atoms in total. The van der Waals surface area contributed by atoms with Crippen molar-refractivity contribution in [3.05, 3.63) is 150 Å². The number of para-hydroxylation sites is 3. The monoisotopic (exact) mass is 470 g/mol. The third kappa shape index (κ3) is 2.19. The van der Waals surface area contributed by atoms with Gasteiger partial charge in [-0.3, -0.25) is 0 Å². The normalized spacial score (nSPS) is 14.2. The molecule has 2 aliphatic rings. The number of aromatic nitrogens is 2. The Kier molecular flexibility index (Phi) is 3.50. The summed E-state index contributed by atoms with van der Waals surface area (Å²) < 4.78 is 5.11. The van der Waals surface area contributed by atoms with Gasteiger partial charge in [0.2, 0.25) is 0 Å². The number of benzene rings is 5. The summed E-state index contributed by atoms with van der Waals surface area (Å²) in [4.78, 5) is 0. The highest BCUT2D eigenvalue weighted by Gasteiger charge is 2.50. The largest absolute Gasteiger partial charge is 0.320 e. The summed E-state index contributed by atoms with van der Waals surface area (Å²) >= 11 is 0. The maximum atomic E-state index is 2.63. The van der Waals surface area contributed by atoms with Gasteiger partial charge in [-0.1, -0.05) is 103 Å². The summed E-state index contributed by atoms with van der Waals surface area (Å²) in [5.74, 6) is 0. The van der Waals surface area contributed by atoms with Gasteiger partial charge in [0.15, 0.2) is 0 Å². The Bertz CT molecular complexity index is 2010. The SMILES string of the molecule is c1ccc2c(c1)-c1ccccc1C21c2ccccc2-n2c(cc3ccccc32)-c2cc3ccccc3n21. The van der Waals surface area contributed by atoms with Crippen LogP contribution >= 0.6 is 0 Å². The quantitative estimate of drug-likeness (QED) is 0.211. The van der Waals surface area contributed by atoms with Gasteiger partial charge >= 0.3 is 0 Å². The summed E-state index contributed by atoms with van der Waals surface area (Å²) in [5.41, 5.74) is 12.3. The molecule has 0 amide bonds. The molecule has 2 heteroatoms. The summed E-state index contributed by atoms with van der Waals surface area (Å²) in [5, 5.41) is 2.52. The number of hydrogen-bond donors (Lipinski definition) is 0. The molecule has 0 bridgehead atoms. The van der Waals surface area contributed by atoms with Crippen molar-refractivity contribution in [2.24, 2.45) is 0 Å². The van der Waals surface area contributed by atoms with Crippen molar-refractivity contribution >= 4 is 21.8 Å². The molecule has 3 heterocycles. The number of hydrogen-bond acceptors (Lipinski definition) is 0. The van der Waals surface area contributed by atoms with Crippen LogP contribution < -0.4 is 0 Å². The van der Waals surface area contributed by atoms with E-state index in [0.717, 1.165) is 0 Å². The fourth-order valence-electron chi connectivity index (χ4n) is 7.15. The standard InChI is InChI=1S/C35H22N2/c1-8-18-30-23(11-1)21-33-34-22-24-12-2-9-19-31(24)37(34)35(29-17-7-10-20-32(29)36(30)33)27-15-5-3-13-25(27)26-14-4-6-16-28(26)35/h1-22H. The first-order chi connectivity index (χ1) is 18.4. The first-order valence-corrected chi connectivity index (χ1v) is 12.9. The van der Waals surface area contributed by atoms with Crippen LogP contribution in [0.1, 0.15) is 16.7 Å². The highest BCUT2D eigenvalue weighted by atomic mass is 15.2.